The number of likely N-dealkylation sites (tertiary alicyclic amines) is 1. The second-order valence-electron chi connectivity index (χ2n) is 5.65. The van der Waals surface area contributed by atoms with Crippen LogP contribution in [0.25, 0.3) is 11.2 Å². The molecule has 6 heteroatoms. The number of aliphatic hydroxyl groups excluding tert-OH is 1. The number of nitrogens with zero attached hydrogens (tertiary/aromatic N) is 4. The minimum Gasteiger partial charge on any atom is -0.396 e. The third kappa shape index (κ3) is 3.12. The third-order valence-corrected chi connectivity index (χ3v) is 4.77. The van der Waals surface area contributed by atoms with E-state index >= 15 is 0 Å². The van der Waals surface area contributed by atoms with Crippen LogP contribution in [0.15, 0.2) is 16.7 Å². The molecule has 5 nitrogen and oxygen atoms in total. The van der Waals surface area contributed by atoms with Gasteiger partial charge in [-0.1, -0.05) is 0 Å². The van der Waals surface area contributed by atoms with Gasteiger partial charge in [-0.15, -0.1) is 0 Å². The predicted molar refractivity (Wildman–Crippen MR) is 86.3 cm³/mol. The number of hydrogen-bond donors (Lipinski definition) is 1. The van der Waals surface area contributed by atoms with E-state index in [1.165, 1.54) is 12.8 Å². The van der Waals surface area contributed by atoms with Crippen molar-refractivity contribution in [2.24, 2.45) is 0 Å². The Bertz CT molecular complexity index is 627. The lowest BCUT2D eigenvalue weighted by molar-refractivity contribution is 0.191. The van der Waals surface area contributed by atoms with Crippen molar-refractivity contribution in [1.82, 2.24) is 19.4 Å². The molecule has 0 amide bonds. The van der Waals surface area contributed by atoms with Crippen LogP contribution >= 0.6 is 15.9 Å². The number of aryl methyl sites for hydroxylation is 1. The summed E-state index contributed by atoms with van der Waals surface area (Å²) in [5, 5.41) is 9.16. The normalized spacial score (nSPS) is 19.7. The SMILES string of the molecule is Cc1nc2ncc(Br)cc2n1CCN1CCC[C@H]1CCO. The van der Waals surface area contributed by atoms with Gasteiger partial charge in [0.1, 0.15) is 5.82 Å². The molecule has 0 spiro atoms. The molecule has 0 unspecified atom stereocenters. The molecule has 3 rings (SSSR count). The first-order valence-electron chi connectivity index (χ1n) is 7.52. The molecule has 21 heavy (non-hydrogen) atoms. The van der Waals surface area contributed by atoms with E-state index < -0.39 is 0 Å². The van der Waals surface area contributed by atoms with Gasteiger partial charge in [-0.05, 0) is 54.7 Å². The lowest BCUT2D eigenvalue weighted by Gasteiger charge is -2.24. The average molecular weight is 353 g/mol. The molecule has 2 aromatic heterocycles. The fraction of sp³-hybridized carbons (Fsp3) is 0.600. The van der Waals surface area contributed by atoms with Gasteiger partial charge in [-0.3, -0.25) is 4.90 Å². The standard InChI is InChI=1S/C15H21BrN4O/c1-11-18-15-14(9-12(16)10-17-15)20(11)7-6-19-5-2-3-13(19)4-8-21/h9-10,13,21H,2-8H2,1H3/t13-/m0/s1. The van der Waals surface area contributed by atoms with Gasteiger partial charge in [0.25, 0.3) is 0 Å². The summed E-state index contributed by atoms with van der Waals surface area (Å²) in [6.45, 7) is 5.38. The first-order valence-corrected chi connectivity index (χ1v) is 8.31. The quantitative estimate of drug-likeness (QED) is 0.897. The summed E-state index contributed by atoms with van der Waals surface area (Å²) in [4.78, 5) is 11.4. The highest BCUT2D eigenvalue weighted by atomic mass is 79.9. The number of fused-ring (bicyclic) bond motifs is 1. The number of rotatable bonds is 5. The van der Waals surface area contributed by atoms with E-state index in [1.54, 1.807) is 6.20 Å². The van der Waals surface area contributed by atoms with Crippen LogP contribution in [-0.2, 0) is 6.54 Å². The van der Waals surface area contributed by atoms with Gasteiger partial charge in [0, 0.05) is 36.4 Å². The molecule has 1 fully saturated rings. The van der Waals surface area contributed by atoms with Crippen LogP contribution < -0.4 is 0 Å². The van der Waals surface area contributed by atoms with E-state index in [0.29, 0.717) is 6.04 Å². The van der Waals surface area contributed by atoms with E-state index in [-0.39, 0.29) is 6.61 Å². The van der Waals surface area contributed by atoms with Gasteiger partial charge in [0.05, 0.1) is 5.52 Å². The first-order chi connectivity index (χ1) is 10.2. The van der Waals surface area contributed by atoms with E-state index in [2.05, 4.69) is 41.4 Å². The molecule has 1 N–H and O–H groups in total. The average Bonchev–Trinajstić information content (AvgIpc) is 3.01. The van der Waals surface area contributed by atoms with Gasteiger partial charge in [-0.25, -0.2) is 9.97 Å². The van der Waals surface area contributed by atoms with Crippen molar-refractivity contribution in [3.05, 3.63) is 22.6 Å². The largest absolute Gasteiger partial charge is 0.396 e. The summed E-state index contributed by atoms with van der Waals surface area (Å²) in [5.41, 5.74) is 1.89. The molecule has 114 valence electrons. The maximum Gasteiger partial charge on any atom is 0.177 e. The molecule has 2 aromatic rings. The number of hydrogen-bond acceptors (Lipinski definition) is 4. The lowest BCUT2D eigenvalue weighted by Crippen LogP contribution is -2.33. The van der Waals surface area contributed by atoms with E-state index in [0.717, 1.165) is 47.5 Å². The second kappa shape index (κ2) is 6.42. The molecule has 1 aliphatic heterocycles. The van der Waals surface area contributed by atoms with Crippen molar-refractivity contribution in [2.45, 2.75) is 38.8 Å². The molecule has 0 saturated carbocycles. The Kier molecular flexibility index (Phi) is 4.57. The zero-order chi connectivity index (χ0) is 14.8. The van der Waals surface area contributed by atoms with Crippen molar-refractivity contribution in [2.75, 3.05) is 19.7 Å². The lowest BCUT2D eigenvalue weighted by atomic mass is 10.1. The van der Waals surface area contributed by atoms with Crippen molar-refractivity contribution in [3.63, 3.8) is 0 Å². The van der Waals surface area contributed by atoms with Crippen molar-refractivity contribution in [1.29, 1.82) is 0 Å². The third-order valence-electron chi connectivity index (χ3n) is 4.34. The summed E-state index contributed by atoms with van der Waals surface area (Å²) in [5.74, 6) is 1.01. The molecule has 1 aliphatic rings. The smallest absolute Gasteiger partial charge is 0.177 e. The fourth-order valence-corrected chi connectivity index (χ4v) is 3.59. The molecule has 0 aliphatic carbocycles. The van der Waals surface area contributed by atoms with Gasteiger partial charge in [0.2, 0.25) is 0 Å². The van der Waals surface area contributed by atoms with Gasteiger partial charge < -0.3 is 9.67 Å². The molecular formula is C15H21BrN4O. The number of pyridine rings is 1. The Hall–Kier alpha value is -0.980. The summed E-state index contributed by atoms with van der Waals surface area (Å²) in [7, 11) is 0. The number of halogens is 1. The summed E-state index contributed by atoms with van der Waals surface area (Å²) >= 11 is 3.48. The Balaban J connectivity index is 1.76. The van der Waals surface area contributed by atoms with Gasteiger partial charge in [0.15, 0.2) is 5.65 Å². The molecule has 3 heterocycles. The van der Waals surface area contributed by atoms with Gasteiger partial charge in [-0.2, -0.15) is 0 Å². The molecule has 0 bridgehead atoms. The fourth-order valence-electron chi connectivity index (χ4n) is 3.27. The number of imidazole rings is 1. The molecule has 1 atom stereocenters. The Morgan fingerprint density at radius 1 is 1.43 bits per heavy atom. The monoisotopic (exact) mass is 352 g/mol. The van der Waals surface area contributed by atoms with Crippen LogP contribution in [0, 0.1) is 6.92 Å². The highest BCUT2D eigenvalue weighted by Crippen LogP contribution is 2.22. The minimum atomic E-state index is 0.283. The minimum absolute atomic E-state index is 0.283. The highest BCUT2D eigenvalue weighted by Gasteiger charge is 2.23. The van der Waals surface area contributed by atoms with Crippen molar-refractivity contribution in [3.8, 4) is 0 Å². The van der Waals surface area contributed by atoms with E-state index in [1.807, 2.05) is 6.92 Å². The first kappa shape index (κ1) is 14.9. The zero-order valence-corrected chi connectivity index (χ0v) is 13.9. The zero-order valence-electron chi connectivity index (χ0n) is 12.3. The Morgan fingerprint density at radius 2 is 2.29 bits per heavy atom. The van der Waals surface area contributed by atoms with E-state index in [9.17, 15) is 0 Å². The van der Waals surface area contributed by atoms with Crippen molar-refractivity contribution < 1.29 is 5.11 Å². The highest BCUT2D eigenvalue weighted by molar-refractivity contribution is 9.10. The molecule has 1 saturated heterocycles. The predicted octanol–water partition coefficient (Wildman–Crippen LogP) is 2.35. The second-order valence-corrected chi connectivity index (χ2v) is 6.57. The summed E-state index contributed by atoms with van der Waals surface area (Å²) < 4.78 is 3.22. The summed E-state index contributed by atoms with van der Waals surface area (Å²) in [6, 6.07) is 2.62. The number of aromatic nitrogens is 3. The van der Waals surface area contributed by atoms with Gasteiger partial charge >= 0.3 is 0 Å². The van der Waals surface area contributed by atoms with Crippen molar-refractivity contribution >= 4 is 27.1 Å². The van der Waals surface area contributed by atoms with Crippen LogP contribution in [0.1, 0.15) is 25.1 Å². The van der Waals surface area contributed by atoms with Crippen LogP contribution in [0.4, 0.5) is 0 Å². The van der Waals surface area contributed by atoms with Crippen LogP contribution in [0.2, 0.25) is 0 Å². The van der Waals surface area contributed by atoms with E-state index in [4.69, 9.17) is 5.11 Å². The van der Waals surface area contributed by atoms with Crippen LogP contribution in [0.5, 0.6) is 0 Å². The maximum absolute atomic E-state index is 9.16. The maximum atomic E-state index is 9.16. The Labute approximate surface area is 133 Å². The summed E-state index contributed by atoms with van der Waals surface area (Å²) in [6.07, 6.45) is 5.12. The molecular weight excluding hydrogens is 332 g/mol. The molecule has 0 radical (unpaired) electrons. The van der Waals surface area contributed by atoms with Crippen LogP contribution in [0.3, 0.4) is 0 Å². The topological polar surface area (TPSA) is 54.2 Å². The molecule has 0 aromatic carbocycles. The Morgan fingerprint density at radius 3 is 3.10 bits per heavy atom. The van der Waals surface area contributed by atoms with Crippen LogP contribution in [-0.4, -0.2) is 50.3 Å². The number of aliphatic hydroxyl groups is 1.